The van der Waals surface area contributed by atoms with Crippen LogP contribution in [0.25, 0.3) is 33.6 Å². The number of benzene rings is 5. The summed E-state index contributed by atoms with van der Waals surface area (Å²) in [5.74, 6) is 1.49. The van der Waals surface area contributed by atoms with Crippen molar-refractivity contribution in [3.05, 3.63) is 162 Å². The van der Waals surface area contributed by atoms with Crippen molar-refractivity contribution >= 4 is 12.4 Å². The number of nitrogens with one attached hydrogen (secondary N) is 1. The number of rotatable bonds is 12. The largest absolute Gasteiger partial charge is 0.489 e. The third kappa shape index (κ3) is 6.55. The summed E-state index contributed by atoms with van der Waals surface area (Å²) in [5, 5.41) is 17.4. The van der Waals surface area contributed by atoms with Crippen LogP contribution in [0.4, 0.5) is 0 Å². The Morgan fingerprint density at radius 2 is 1.49 bits per heavy atom. The van der Waals surface area contributed by atoms with E-state index in [-0.39, 0.29) is 6.04 Å². The van der Waals surface area contributed by atoms with Gasteiger partial charge in [0.25, 0.3) is 0 Å². The van der Waals surface area contributed by atoms with E-state index in [0.717, 1.165) is 61.4 Å². The highest BCUT2D eigenvalue weighted by Crippen LogP contribution is 2.36. The Bertz CT molecular complexity index is 2240. The Balaban J connectivity index is 1.18. The lowest BCUT2D eigenvalue weighted by Gasteiger charge is -2.17. The third-order valence-electron chi connectivity index (χ3n) is 8.69. The summed E-state index contributed by atoms with van der Waals surface area (Å²) in [7, 11) is 0. The zero-order valence-electron chi connectivity index (χ0n) is 26.6. The van der Waals surface area contributed by atoms with Crippen molar-refractivity contribution in [1.82, 2.24) is 29.5 Å². The minimum Gasteiger partial charge on any atom is -0.489 e. The van der Waals surface area contributed by atoms with E-state index >= 15 is 0 Å². The Morgan fingerprint density at radius 3 is 2.22 bits per heavy atom. The van der Waals surface area contributed by atoms with Crippen LogP contribution in [0.1, 0.15) is 33.9 Å². The molecule has 238 valence electrons. The van der Waals surface area contributed by atoms with Crippen LogP contribution in [0.2, 0.25) is 0 Å². The van der Waals surface area contributed by atoms with Gasteiger partial charge in [-0.2, -0.15) is 10.2 Å². The Morgan fingerprint density at radius 1 is 0.714 bits per heavy atom. The van der Waals surface area contributed by atoms with Gasteiger partial charge in [0.05, 0.1) is 13.1 Å². The van der Waals surface area contributed by atoms with Crippen LogP contribution >= 0.6 is 0 Å². The molecule has 0 saturated heterocycles. The molecular weight excluding hydrogens is 608 g/mol. The average molecular weight is 641 g/mol. The molecule has 0 fully saturated rings. The minimum atomic E-state index is 0.0885. The normalized spacial score (nSPS) is 13.3. The zero-order chi connectivity index (χ0) is 33.0. The number of aromatic nitrogens is 6. The summed E-state index contributed by atoms with van der Waals surface area (Å²) < 4.78 is 9.79. The van der Waals surface area contributed by atoms with Crippen LogP contribution in [0.15, 0.2) is 139 Å². The molecular formula is C40H32N8O. The van der Waals surface area contributed by atoms with Gasteiger partial charge in [-0.15, -0.1) is 0 Å². The van der Waals surface area contributed by atoms with E-state index in [4.69, 9.17) is 20.2 Å². The third-order valence-corrected chi connectivity index (χ3v) is 8.69. The molecule has 0 radical (unpaired) electrons. The molecule has 7 aromatic rings. The van der Waals surface area contributed by atoms with Crippen molar-refractivity contribution in [3.63, 3.8) is 0 Å². The van der Waals surface area contributed by atoms with E-state index in [1.807, 2.05) is 53.4 Å². The number of hydrogen-bond donors (Lipinski definition) is 1. The summed E-state index contributed by atoms with van der Waals surface area (Å²) >= 11 is 0. The van der Waals surface area contributed by atoms with Crippen molar-refractivity contribution in [1.29, 1.82) is 5.41 Å². The molecule has 1 unspecified atom stereocenters. The maximum atomic E-state index is 8.33. The highest BCUT2D eigenvalue weighted by molar-refractivity contribution is 5.89. The smallest absolute Gasteiger partial charge is 0.159 e. The van der Waals surface area contributed by atoms with E-state index in [9.17, 15) is 0 Å². The molecule has 2 aromatic heterocycles. The summed E-state index contributed by atoms with van der Waals surface area (Å²) in [6, 6.07) is 39.4. The molecule has 0 spiro atoms. The van der Waals surface area contributed by atoms with Gasteiger partial charge in [-0.1, -0.05) is 84.9 Å². The van der Waals surface area contributed by atoms with Crippen LogP contribution in [-0.4, -0.2) is 42.0 Å². The van der Waals surface area contributed by atoms with E-state index in [1.54, 1.807) is 17.3 Å². The predicted molar refractivity (Wildman–Crippen MR) is 191 cm³/mol. The van der Waals surface area contributed by atoms with Crippen LogP contribution in [0.3, 0.4) is 0 Å². The summed E-state index contributed by atoms with van der Waals surface area (Å²) in [4.78, 5) is 13.4. The predicted octanol–water partition coefficient (Wildman–Crippen LogP) is 7.67. The van der Waals surface area contributed by atoms with Gasteiger partial charge in [0, 0.05) is 18.0 Å². The first-order chi connectivity index (χ1) is 24.2. The molecule has 1 atom stereocenters. The highest BCUT2D eigenvalue weighted by atomic mass is 16.5. The molecule has 49 heavy (non-hydrogen) atoms. The average Bonchev–Trinajstić information content (AvgIpc) is 3.67. The van der Waals surface area contributed by atoms with Gasteiger partial charge in [-0.25, -0.2) is 19.3 Å². The van der Waals surface area contributed by atoms with Crippen LogP contribution < -0.4 is 4.74 Å². The molecule has 0 bridgehead atoms. The molecule has 1 aliphatic heterocycles. The van der Waals surface area contributed by atoms with E-state index in [0.29, 0.717) is 25.5 Å². The Hall–Kier alpha value is -6.48. The SMILES string of the molecule is N=Cc1cc(-c2ncnn2Cc2cc(-c3ccccc3)ccc2C2C=N2)c(-c2ccc(OCc3ccccc3)cc2)cc1Cn1cncn1. The molecule has 1 N–H and O–H groups in total. The molecule has 3 heterocycles. The topological polar surface area (TPSA) is 107 Å². The van der Waals surface area contributed by atoms with Crippen molar-refractivity contribution in [2.75, 3.05) is 0 Å². The lowest BCUT2D eigenvalue weighted by Crippen LogP contribution is -2.09. The molecule has 0 amide bonds. The lowest BCUT2D eigenvalue weighted by molar-refractivity contribution is 0.306. The number of aliphatic imine (C=N–C) groups is 1. The maximum absolute atomic E-state index is 8.33. The van der Waals surface area contributed by atoms with Gasteiger partial charge in [0.2, 0.25) is 0 Å². The first kappa shape index (κ1) is 29.9. The Kier molecular flexibility index (Phi) is 8.13. The van der Waals surface area contributed by atoms with Gasteiger partial charge >= 0.3 is 0 Å². The lowest BCUT2D eigenvalue weighted by atomic mass is 9.93. The number of nitrogens with zero attached hydrogens (tertiary/aromatic N) is 7. The molecule has 1 aliphatic rings. The summed E-state index contributed by atoms with van der Waals surface area (Å²) in [6.07, 6.45) is 8.15. The fourth-order valence-corrected chi connectivity index (χ4v) is 6.11. The van der Waals surface area contributed by atoms with Crippen LogP contribution in [0.5, 0.6) is 5.75 Å². The summed E-state index contributed by atoms with van der Waals surface area (Å²) in [6.45, 7) is 1.47. The fourth-order valence-electron chi connectivity index (χ4n) is 6.11. The molecule has 9 heteroatoms. The standard InChI is InChI=1S/C40H32N8O/c41-20-32-18-38(40-44-26-46-48(40)23-34-17-31(29-9-5-2-6-10-29)13-16-36(34)39-21-43-39)37(19-33(32)22-47-27-42-25-45-47)30-11-14-35(15-12-30)49-24-28-7-3-1-4-8-28/h1-21,25-27,39,41H,22-24H2. The first-order valence-electron chi connectivity index (χ1n) is 16.1. The van der Waals surface area contributed by atoms with Crippen molar-refractivity contribution < 1.29 is 4.74 Å². The highest BCUT2D eigenvalue weighted by Gasteiger charge is 2.23. The van der Waals surface area contributed by atoms with Crippen molar-refractivity contribution in [2.45, 2.75) is 25.7 Å². The van der Waals surface area contributed by atoms with Gasteiger partial charge in [-0.3, -0.25) is 4.99 Å². The van der Waals surface area contributed by atoms with Crippen molar-refractivity contribution in [2.24, 2.45) is 4.99 Å². The van der Waals surface area contributed by atoms with Gasteiger partial charge < -0.3 is 10.1 Å². The quantitative estimate of drug-likeness (QED) is 0.138. The second-order valence-corrected chi connectivity index (χ2v) is 11.9. The Labute approximate surface area is 283 Å². The molecule has 8 rings (SSSR count). The fraction of sp³-hybridized carbons (Fsp3) is 0.100. The van der Waals surface area contributed by atoms with E-state index in [2.05, 4.69) is 87.9 Å². The second kappa shape index (κ2) is 13.3. The zero-order valence-corrected chi connectivity index (χ0v) is 26.6. The van der Waals surface area contributed by atoms with Crippen LogP contribution in [-0.2, 0) is 19.7 Å². The van der Waals surface area contributed by atoms with Gasteiger partial charge in [-0.05, 0) is 80.4 Å². The summed E-state index contributed by atoms with van der Waals surface area (Å²) in [5.41, 5.74) is 10.2. The second-order valence-electron chi connectivity index (χ2n) is 11.9. The van der Waals surface area contributed by atoms with Gasteiger partial charge in [0.15, 0.2) is 5.82 Å². The monoisotopic (exact) mass is 640 g/mol. The molecule has 0 saturated carbocycles. The van der Waals surface area contributed by atoms with Gasteiger partial charge in [0.1, 0.15) is 37.4 Å². The van der Waals surface area contributed by atoms with Crippen LogP contribution in [0, 0.1) is 5.41 Å². The molecule has 5 aromatic carbocycles. The van der Waals surface area contributed by atoms with Crippen molar-refractivity contribution in [3.8, 4) is 39.4 Å². The number of hydrogen-bond acceptors (Lipinski definition) is 7. The van der Waals surface area contributed by atoms with E-state index < -0.39 is 0 Å². The first-order valence-corrected chi connectivity index (χ1v) is 16.1. The maximum Gasteiger partial charge on any atom is 0.159 e. The molecule has 0 aliphatic carbocycles. The van der Waals surface area contributed by atoms with E-state index in [1.165, 1.54) is 12.5 Å². The minimum absolute atomic E-state index is 0.0885. The molecule has 9 nitrogen and oxygen atoms in total. The number of ether oxygens (including phenoxy) is 1.